The van der Waals surface area contributed by atoms with Gasteiger partial charge in [0.25, 0.3) is 0 Å². The van der Waals surface area contributed by atoms with Crippen LogP contribution >= 0.6 is 0 Å². The fourth-order valence-corrected chi connectivity index (χ4v) is 1.28. The van der Waals surface area contributed by atoms with E-state index < -0.39 is 0 Å². The van der Waals surface area contributed by atoms with E-state index in [-0.39, 0.29) is 12.1 Å². The summed E-state index contributed by atoms with van der Waals surface area (Å²) in [5.74, 6) is 0.765. The maximum absolute atomic E-state index is 9.34. The first kappa shape index (κ1) is 8.02. The summed E-state index contributed by atoms with van der Waals surface area (Å²) in [6.07, 6.45) is 4.58. The van der Waals surface area contributed by atoms with Crippen molar-refractivity contribution in [2.45, 2.75) is 44.8 Å². The molecule has 1 aliphatic rings. The van der Waals surface area contributed by atoms with Crippen LogP contribution in [0.3, 0.4) is 0 Å². The first-order valence-corrected chi connectivity index (χ1v) is 4.14. The fourth-order valence-electron chi connectivity index (χ4n) is 1.28. The summed E-state index contributed by atoms with van der Waals surface area (Å²) < 4.78 is 0. The minimum Gasteiger partial charge on any atom is -0.392 e. The van der Waals surface area contributed by atoms with Gasteiger partial charge >= 0.3 is 0 Å². The number of nitrogens with two attached hydrogens (primary N) is 1. The molecule has 0 aromatic carbocycles. The van der Waals surface area contributed by atoms with E-state index in [0.29, 0.717) is 0 Å². The summed E-state index contributed by atoms with van der Waals surface area (Å²) in [7, 11) is 0. The largest absolute Gasteiger partial charge is 0.392 e. The van der Waals surface area contributed by atoms with Crippen molar-refractivity contribution in [1.29, 1.82) is 0 Å². The SMILES string of the molecule is CC(N)C(O)CC1CCC1. The summed E-state index contributed by atoms with van der Waals surface area (Å²) in [5, 5.41) is 9.34. The molecule has 2 nitrogen and oxygen atoms in total. The van der Waals surface area contributed by atoms with Crippen molar-refractivity contribution >= 4 is 0 Å². The maximum atomic E-state index is 9.34. The fraction of sp³-hybridized carbons (Fsp3) is 1.00. The van der Waals surface area contributed by atoms with Crippen LogP contribution in [0.2, 0.25) is 0 Å². The summed E-state index contributed by atoms with van der Waals surface area (Å²) in [6.45, 7) is 1.86. The zero-order chi connectivity index (χ0) is 7.56. The summed E-state index contributed by atoms with van der Waals surface area (Å²) in [6, 6.07) is -0.0550. The smallest absolute Gasteiger partial charge is 0.0691 e. The second-order valence-electron chi connectivity index (χ2n) is 3.46. The quantitative estimate of drug-likeness (QED) is 0.616. The molecule has 0 saturated heterocycles. The van der Waals surface area contributed by atoms with Gasteiger partial charge in [0.15, 0.2) is 0 Å². The molecule has 0 spiro atoms. The van der Waals surface area contributed by atoms with Gasteiger partial charge in [-0.1, -0.05) is 19.3 Å². The van der Waals surface area contributed by atoms with E-state index in [1.54, 1.807) is 0 Å². The minimum absolute atomic E-state index is 0.0550. The van der Waals surface area contributed by atoms with Gasteiger partial charge in [-0.05, 0) is 19.3 Å². The second-order valence-corrected chi connectivity index (χ2v) is 3.46. The molecule has 1 saturated carbocycles. The molecule has 0 heterocycles. The van der Waals surface area contributed by atoms with Crippen molar-refractivity contribution in [3.63, 3.8) is 0 Å². The summed E-state index contributed by atoms with van der Waals surface area (Å²) in [5.41, 5.74) is 5.51. The third-order valence-electron chi connectivity index (χ3n) is 2.41. The van der Waals surface area contributed by atoms with Crippen molar-refractivity contribution in [2.24, 2.45) is 11.7 Å². The number of rotatable bonds is 3. The molecule has 0 amide bonds. The van der Waals surface area contributed by atoms with Gasteiger partial charge in [-0.15, -0.1) is 0 Å². The number of hydrogen-bond donors (Lipinski definition) is 2. The summed E-state index contributed by atoms with van der Waals surface area (Å²) in [4.78, 5) is 0. The van der Waals surface area contributed by atoms with Gasteiger partial charge in [0.2, 0.25) is 0 Å². The predicted octanol–water partition coefficient (Wildman–Crippen LogP) is 0.885. The van der Waals surface area contributed by atoms with Crippen LogP contribution in [0.25, 0.3) is 0 Å². The molecule has 0 aromatic rings. The van der Waals surface area contributed by atoms with Crippen LogP contribution < -0.4 is 5.73 Å². The normalized spacial score (nSPS) is 25.5. The topological polar surface area (TPSA) is 46.2 Å². The van der Waals surface area contributed by atoms with Crippen LogP contribution in [0.5, 0.6) is 0 Å². The van der Waals surface area contributed by atoms with Crippen LogP contribution in [0.4, 0.5) is 0 Å². The summed E-state index contributed by atoms with van der Waals surface area (Å²) >= 11 is 0. The molecule has 0 radical (unpaired) electrons. The molecule has 1 aliphatic carbocycles. The Labute approximate surface area is 62.4 Å². The highest BCUT2D eigenvalue weighted by Crippen LogP contribution is 2.30. The van der Waals surface area contributed by atoms with E-state index in [1.807, 2.05) is 6.92 Å². The van der Waals surface area contributed by atoms with Crippen LogP contribution in [0, 0.1) is 5.92 Å². The van der Waals surface area contributed by atoms with E-state index in [2.05, 4.69) is 0 Å². The number of hydrogen-bond acceptors (Lipinski definition) is 2. The van der Waals surface area contributed by atoms with E-state index in [1.165, 1.54) is 19.3 Å². The van der Waals surface area contributed by atoms with Crippen molar-refractivity contribution in [3.8, 4) is 0 Å². The highest BCUT2D eigenvalue weighted by atomic mass is 16.3. The molecule has 2 heteroatoms. The van der Waals surface area contributed by atoms with Crippen molar-refractivity contribution in [2.75, 3.05) is 0 Å². The first-order valence-electron chi connectivity index (χ1n) is 4.14. The second kappa shape index (κ2) is 3.35. The van der Waals surface area contributed by atoms with Gasteiger partial charge in [0.05, 0.1) is 6.10 Å². The third-order valence-corrected chi connectivity index (χ3v) is 2.41. The van der Waals surface area contributed by atoms with E-state index in [0.717, 1.165) is 12.3 Å². The molecule has 2 atom stereocenters. The van der Waals surface area contributed by atoms with Gasteiger partial charge in [-0.3, -0.25) is 0 Å². The third kappa shape index (κ3) is 1.96. The number of aliphatic hydroxyl groups excluding tert-OH is 1. The molecule has 0 bridgehead atoms. The molecule has 3 N–H and O–H groups in total. The highest BCUT2D eigenvalue weighted by Gasteiger charge is 2.22. The lowest BCUT2D eigenvalue weighted by Gasteiger charge is -2.28. The standard InChI is InChI=1S/C8H17NO/c1-6(9)8(10)5-7-3-2-4-7/h6-8,10H,2-5,9H2,1H3. The molecule has 2 unspecified atom stereocenters. The van der Waals surface area contributed by atoms with Crippen molar-refractivity contribution in [3.05, 3.63) is 0 Å². The predicted molar refractivity (Wildman–Crippen MR) is 41.6 cm³/mol. The van der Waals surface area contributed by atoms with Gasteiger partial charge in [-0.2, -0.15) is 0 Å². The lowest BCUT2D eigenvalue weighted by molar-refractivity contribution is 0.0996. The van der Waals surface area contributed by atoms with Gasteiger partial charge in [0.1, 0.15) is 0 Å². The van der Waals surface area contributed by atoms with Crippen LogP contribution in [0.15, 0.2) is 0 Å². The molecule has 10 heavy (non-hydrogen) atoms. The average molecular weight is 143 g/mol. The Morgan fingerprint density at radius 2 is 2.20 bits per heavy atom. The Morgan fingerprint density at radius 1 is 1.60 bits per heavy atom. The maximum Gasteiger partial charge on any atom is 0.0691 e. The monoisotopic (exact) mass is 143 g/mol. The van der Waals surface area contributed by atoms with Crippen molar-refractivity contribution in [1.82, 2.24) is 0 Å². The Morgan fingerprint density at radius 3 is 2.50 bits per heavy atom. The Kier molecular flexibility index (Phi) is 2.69. The average Bonchev–Trinajstić information content (AvgIpc) is 1.77. The van der Waals surface area contributed by atoms with E-state index in [4.69, 9.17) is 5.73 Å². The van der Waals surface area contributed by atoms with E-state index in [9.17, 15) is 5.11 Å². The Bertz CT molecular complexity index is 99.4. The van der Waals surface area contributed by atoms with E-state index >= 15 is 0 Å². The Balaban J connectivity index is 2.10. The molecule has 1 fully saturated rings. The molecular weight excluding hydrogens is 126 g/mol. The first-order chi connectivity index (χ1) is 4.70. The zero-order valence-electron chi connectivity index (χ0n) is 6.59. The number of aliphatic hydroxyl groups is 1. The minimum atomic E-state index is -0.273. The van der Waals surface area contributed by atoms with Gasteiger partial charge in [-0.25, -0.2) is 0 Å². The Hall–Kier alpha value is -0.0800. The lowest BCUT2D eigenvalue weighted by Crippen LogP contribution is -2.34. The van der Waals surface area contributed by atoms with Crippen LogP contribution in [-0.2, 0) is 0 Å². The van der Waals surface area contributed by atoms with Crippen LogP contribution in [-0.4, -0.2) is 17.3 Å². The van der Waals surface area contributed by atoms with Crippen LogP contribution in [0.1, 0.15) is 32.6 Å². The molecule has 0 aliphatic heterocycles. The van der Waals surface area contributed by atoms with Gasteiger partial charge in [0, 0.05) is 6.04 Å². The molecule has 1 rings (SSSR count). The lowest BCUT2D eigenvalue weighted by atomic mass is 9.80. The zero-order valence-corrected chi connectivity index (χ0v) is 6.59. The molecular formula is C8H17NO. The van der Waals surface area contributed by atoms with Crippen molar-refractivity contribution < 1.29 is 5.11 Å². The van der Waals surface area contributed by atoms with Gasteiger partial charge < -0.3 is 10.8 Å². The molecule has 60 valence electrons. The highest BCUT2D eigenvalue weighted by molar-refractivity contribution is 4.76. The molecule has 0 aromatic heterocycles.